The van der Waals surface area contributed by atoms with Crippen molar-refractivity contribution in [3.63, 3.8) is 0 Å². The molecule has 3 unspecified atom stereocenters. The monoisotopic (exact) mass is 483 g/mol. The molecule has 0 radical (unpaired) electrons. The molecule has 0 bridgehead atoms. The predicted octanol–water partition coefficient (Wildman–Crippen LogP) is 4.81. The maximum atomic E-state index is 13.6. The van der Waals surface area contributed by atoms with Gasteiger partial charge in [-0.3, -0.25) is 14.6 Å². The number of nitrogens with zero attached hydrogens (tertiary/aromatic N) is 1. The maximum Gasteiger partial charge on any atom is 0.315 e. The molecule has 8 heteroatoms. The van der Waals surface area contributed by atoms with E-state index in [0.29, 0.717) is 29.0 Å². The molecular weight excluding hydrogens is 458 g/mol. The lowest BCUT2D eigenvalue weighted by molar-refractivity contribution is -0.143. The van der Waals surface area contributed by atoms with Gasteiger partial charge >= 0.3 is 5.97 Å². The Balaban J connectivity index is 1.83. The summed E-state index contributed by atoms with van der Waals surface area (Å²) in [5.41, 5.74) is 3.29. The van der Waals surface area contributed by atoms with Gasteiger partial charge in [0, 0.05) is 29.3 Å². The number of Topliss-reactive ketones (excluding diaryl/α,β-unsaturated/α-hetero) is 1. The van der Waals surface area contributed by atoms with Gasteiger partial charge in [0.2, 0.25) is 0 Å². The number of allylic oxidation sites excluding steroid dienone is 2. The van der Waals surface area contributed by atoms with Gasteiger partial charge in [0.15, 0.2) is 17.3 Å². The van der Waals surface area contributed by atoms with Crippen molar-refractivity contribution < 1.29 is 28.9 Å². The second-order valence-corrected chi connectivity index (χ2v) is 8.85. The van der Waals surface area contributed by atoms with Crippen molar-refractivity contribution in [1.29, 1.82) is 0 Å². The summed E-state index contributed by atoms with van der Waals surface area (Å²) in [5.74, 6) is -1.36. The zero-order chi connectivity index (χ0) is 24.6. The number of hydrogen-bond acceptors (Lipinski definition) is 7. The van der Waals surface area contributed by atoms with E-state index in [1.807, 2.05) is 24.3 Å². The third kappa shape index (κ3) is 4.16. The van der Waals surface area contributed by atoms with Gasteiger partial charge in [-0.2, -0.15) is 0 Å². The highest BCUT2D eigenvalue weighted by atomic mass is 35.5. The van der Waals surface area contributed by atoms with Crippen molar-refractivity contribution in [1.82, 2.24) is 0 Å². The van der Waals surface area contributed by atoms with Crippen molar-refractivity contribution in [2.24, 2.45) is 10.9 Å². The Kier molecular flexibility index (Phi) is 6.66. The molecule has 1 aliphatic carbocycles. The lowest BCUT2D eigenvalue weighted by Crippen LogP contribution is -2.37. The number of carbonyl (C=O) groups excluding carboxylic acids is 2. The van der Waals surface area contributed by atoms with Gasteiger partial charge in [0.05, 0.1) is 26.4 Å². The largest absolute Gasteiger partial charge is 0.503 e. The van der Waals surface area contributed by atoms with Crippen LogP contribution >= 0.6 is 11.6 Å². The quantitative estimate of drug-likeness (QED) is 0.613. The van der Waals surface area contributed by atoms with Crippen molar-refractivity contribution in [2.45, 2.75) is 31.6 Å². The van der Waals surface area contributed by atoms with Crippen LogP contribution in [0.5, 0.6) is 17.2 Å². The number of halogens is 1. The lowest BCUT2D eigenvalue weighted by atomic mass is 9.69. The van der Waals surface area contributed by atoms with Gasteiger partial charge in [0.25, 0.3) is 0 Å². The Morgan fingerprint density at radius 2 is 1.76 bits per heavy atom. The first-order valence-corrected chi connectivity index (χ1v) is 11.3. The van der Waals surface area contributed by atoms with E-state index in [-0.39, 0.29) is 34.6 Å². The van der Waals surface area contributed by atoms with E-state index in [0.717, 1.165) is 11.3 Å². The molecule has 0 fully saturated rings. The second-order valence-electron chi connectivity index (χ2n) is 8.45. The number of aromatic hydroxyl groups is 1. The first-order chi connectivity index (χ1) is 16.3. The minimum Gasteiger partial charge on any atom is -0.503 e. The van der Waals surface area contributed by atoms with E-state index < -0.39 is 17.8 Å². The van der Waals surface area contributed by atoms with Gasteiger partial charge < -0.3 is 19.3 Å². The summed E-state index contributed by atoms with van der Waals surface area (Å²) in [4.78, 5) is 31.1. The average Bonchev–Trinajstić information content (AvgIpc) is 2.84. The zero-order valence-corrected chi connectivity index (χ0v) is 20.2. The molecule has 0 saturated heterocycles. The van der Waals surface area contributed by atoms with Crippen LogP contribution in [0.2, 0.25) is 5.02 Å². The number of esters is 1. The van der Waals surface area contributed by atoms with Crippen LogP contribution in [0.25, 0.3) is 0 Å². The minimum atomic E-state index is -0.796. The molecular formula is C26H26ClNO6. The number of benzene rings is 2. The van der Waals surface area contributed by atoms with Crippen LogP contribution in [0.4, 0.5) is 0 Å². The van der Waals surface area contributed by atoms with Crippen LogP contribution in [-0.4, -0.2) is 43.9 Å². The molecule has 178 valence electrons. The average molecular weight is 484 g/mol. The molecule has 3 atom stereocenters. The number of rotatable bonds is 5. The Bertz CT molecular complexity index is 1200. The molecule has 0 saturated carbocycles. The van der Waals surface area contributed by atoms with E-state index in [4.69, 9.17) is 30.8 Å². The van der Waals surface area contributed by atoms with Gasteiger partial charge in [-0.05, 0) is 54.7 Å². The standard InChI is InChI=1S/C26H26ClNO6/c1-13-22(26(31)34-4)23(16-9-18(27)25(30)21(12-16)33-3)24-19(28-13)10-15(11-20(24)29)14-5-7-17(32-2)8-6-14/h5-9,12,15,22-23,30H,10-11H2,1-4H3. The summed E-state index contributed by atoms with van der Waals surface area (Å²) >= 11 is 6.27. The topological polar surface area (TPSA) is 94.4 Å². The molecule has 2 aromatic rings. The molecule has 7 nitrogen and oxygen atoms in total. The van der Waals surface area contributed by atoms with Gasteiger partial charge in [-0.25, -0.2) is 0 Å². The Morgan fingerprint density at radius 3 is 2.38 bits per heavy atom. The van der Waals surface area contributed by atoms with Gasteiger partial charge in [-0.15, -0.1) is 0 Å². The third-order valence-electron chi connectivity index (χ3n) is 6.56. The number of ketones is 1. The fraction of sp³-hybridized carbons (Fsp3) is 0.346. The Morgan fingerprint density at radius 1 is 1.06 bits per heavy atom. The predicted molar refractivity (Wildman–Crippen MR) is 128 cm³/mol. The zero-order valence-electron chi connectivity index (χ0n) is 19.4. The number of hydrogen-bond donors (Lipinski definition) is 1. The van der Waals surface area contributed by atoms with Crippen LogP contribution < -0.4 is 9.47 Å². The summed E-state index contributed by atoms with van der Waals surface area (Å²) in [6.07, 6.45) is 0.838. The fourth-order valence-electron chi connectivity index (χ4n) is 4.89. The summed E-state index contributed by atoms with van der Waals surface area (Å²) in [6.45, 7) is 1.76. The summed E-state index contributed by atoms with van der Waals surface area (Å²) in [5, 5.41) is 10.3. The van der Waals surface area contributed by atoms with Crippen molar-refractivity contribution >= 4 is 29.1 Å². The minimum absolute atomic E-state index is 0.0398. The molecule has 0 aromatic heterocycles. The molecule has 1 heterocycles. The van der Waals surface area contributed by atoms with Crippen LogP contribution in [0.3, 0.4) is 0 Å². The number of phenolic OH excluding ortho intramolecular Hbond substituents is 1. The first kappa shape index (κ1) is 23.8. The highest BCUT2D eigenvalue weighted by Crippen LogP contribution is 2.49. The van der Waals surface area contributed by atoms with E-state index in [2.05, 4.69) is 0 Å². The Hall–Kier alpha value is -3.32. The molecule has 2 aromatic carbocycles. The van der Waals surface area contributed by atoms with Crippen molar-refractivity contribution in [3.8, 4) is 17.2 Å². The normalized spacial score (nSPS) is 22.1. The Labute approximate surface area is 203 Å². The number of phenols is 1. The van der Waals surface area contributed by atoms with E-state index in [1.54, 1.807) is 26.2 Å². The van der Waals surface area contributed by atoms with Gasteiger partial charge in [0.1, 0.15) is 11.7 Å². The van der Waals surface area contributed by atoms with E-state index in [1.165, 1.54) is 14.2 Å². The molecule has 1 N–H and O–H groups in total. The smallest absolute Gasteiger partial charge is 0.315 e. The van der Waals surface area contributed by atoms with Crippen LogP contribution in [0.15, 0.2) is 52.7 Å². The van der Waals surface area contributed by atoms with Crippen molar-refractivity contribution in [3.05, 3.63) is 63.8 Å². The molecule has 0 amide bonds. The summed E-state index contributed by atoms with van der Waals surface area (Å²) < 4.78 is 15.6. The maximum absolute atomic E-state index is 13.6. The summed E-state index contributed by atoms with van der Waals surface area (Å²) in [6, 6.07) is 10.8. The highest BCUT2D eigenvalue weighted by Gasteiger charge is 2.45. The molecule has 1 aliphatic heterocycles. The number of methoxy groups -OCH3 is 3. The fourth-order valence-corrected chi connectivity index (χ4v) is 5.11. The van der Waals surface area contributed by atoms with Crippen LogP contribution in [0.1, 0.15) is 42.7 Å². The lowest BCUT2D eigenvalue weighted by Gasteiger charge is -2.36. The second kappa shape index (κ2) is 9.50. The van der Waals surface area contributed by atoms with E-state index >= 15 is 0 Å². The summed E-state index contributed by atoms with van der Waals surface area (Å²) in [7, 11) is 4.33. The number of ether oxygens (including phenoxy) is 3. The first-order valence-electron chi connectivity index (χ1n) is 10.9. The molecule has 34 heavy (non-hydrogen) atoms. The highest BCUT2D eigenvalue weighted by molar-refractivity contribution is 6.32. The van der Waals surface area contributed by atoms with E-state index in [9.17, 15) is 14.7 Å². The molecule has 4 rings (SSSR count). The van der Waals surface area contributed by atoms with Crippen LogP contribution in [-0.2, 0) is 14.3 Å². The molecule has 0 spiro atoms. The SMILES string of the molecule is COC(=O)C1C(C)=NC2=C(C(=O)CC(c3ccc(OC)cc3)C2)C1c1cc(Cl)c(O)c(OC)c1. The number of carbonyl (C=O) groups is 2. The van der Waals surface area contributed by atoms with Crippen LogP contribution in [0, 0.1) is 5.92 Å². The third-order valence-corrected chi connectivity index (χ3v) is 6.85. The molecule has 2 aliphatic rings. The van der Waals surface area contributed by atoms with Gasteiger partial charge in [-0.1, -0.05) is 23.7 Å². The van der Waals surface area contributed by atoms with Crippen molar-refractivity contribution in [2.75, 3.05) is 21.3 Å². The number of aliphatic imine (C=N–C) groups is 1.